The van der Waals surface area contributed by atoms with Crippen LogP contribution in [0.4, 0.5) is 0 Å². The summed E-state index contributed by atoms with van der Waals surface area (Å²) >= 11 is 12.5. The predicted octanol–water partition coefficient (Wildman–Crippen LogP) is 5.73. The molecule has 1 aliphatic rings. The van der Waals surface area contributed by atoms with E-state index in [1.165, 1.54) is 16.7 Å². The number of hydrogen-bond donors (Lipinski definition) is 0. The monoisotopic (exact) mass is 477 g/mol. The first-order valence-corrected chi connectivity index (χ1v) is 11.5. The highest BCUT2D eigenvalue weighted by molar-refractivity contribution is 8.26. The Balaban J connectivity index is 1.57. The van der Waals surface area contributed by atoms with Gasteiger partial charge in [-0.1, -0.05) is 41.6 Å². The second-order valence-electron chi connectivity index (χ2n) is 6.84. The molecule has 0 N–H and O–H groups in total. The van der Waals surface area contributed by atoms with E-state index in [0.717, 1.165) is 21.9 Å². The number of aryl methyl sites for hydroxylation is 1. The van der Waals surface area contributed by atoms with Crippen molar-refractivity contribution in [3.05, 3.63) is 57.5 Å². The number of carbonyl (C=O) groups is 1. The van der Waals surface area contributed by atoms with Crippen LogP contribution in [0.1, 0.15) is 24.5 Å². The number of nitrogens with zero attached hydrogens (tertiary/aromatic N) is 1. The normalized spacial score (nSPS) is 15.0. The molecule has 2 aromatic carbocycles. The highest BCUT2D eigenvalue weighted by atomic mass is 35.5. The van der Waals surface area contributed by atoms with Crippen LogP contribution in [0.15, 0.2) is 41.3 Å². The minimum atomic E-state index is -0.0934. The molecule has 1 heterocycles. The Morgan fingerprint density at radius 1 is 1.10 bits per heavy atom. The van der Waals surface area contributed by atoms with E-state index < -0.39 is 0 Å². The highest BCUT2D eigenvalue weighted by Gasteiger charge is 2.28. The van der Waals surface area contributed by atoms with Gasteiger partial charge in [0.25, 0.3) is 5.91 Å². The van der Waals surface area contributed by atoms with Crippen molar-refractivity contribution >= 4 is 51.9 Å². The number of benzene rings is 2. The molecule has 0 saturated carbocycles. The lowest BCUT2D eigenvalue weighted by Gasteiger charge is -2.13. The van der Waals surface area contributed by atoms with Crippen molar-refractivity contribution in [2.45, 2.75) is 20.3 Å². The number of ether oxygens (including phenoxy) is 3. The zero-order valence-corrected chi connectivity index (χ0v) is 20.0. The van der Waals surface area contributed by atoms with E-state index in [0.29, 0.717) is 47.0 Å². The van der Waals surface area contributed by atoms with Crippen molar-refractivity contribution in [3.8, 4) is 17.2 Å². The summed E-state index contributed by atoms with van der Waals surface area (Å²) < 4.78 is 17.9. The summed E-state index contributed by atoms with van der Waals surface area (Å²) in [6, 6.07) is 11.2. The molecule has 1 fully saturated rings. The lowest BCUT2D eigenvalue weighted by molar-refractivity contribution is -0.121. The summed E-state index contributed by atoms with van der Waals surface area (Å²) in [6.45, 7) is 5.39. The van der Waals surface area contributed by atoms with Crippen LogP contribution in [0.2, 0.25) is 5.02 Å². The summed E-state index contributed by atoms with van der Waals surface area (Å²) in [4.78, 5) is 14.3. The summed E-state index contributed by atoms with van der Waals surface area (Å²) in [5.41, 5.74) is 1.84. The third-order valence-corrected chi connectivity index (χ3v) is 6.41. The average Bonchev–Trinajstić information content (AvgIpc) is 2.98. The van der Waals surface area contributed by atoms with Gasteiger partial charge in [-0.15, -0.1) is 0 Å². The van der Waals surface area contributed by atoms with Crippen molar-refractivity contribution in [2.75, 3.05) is 26.9 Å². The first kappa shape index (κ1) is 23.4. The maximum absolute atomic E-state index is 12.2. The smallest absolute Gasteiger partial charge is 0.265 e. The Hall–Kier alpha value is -2.22. The molecule has 164 valence electrons. The molecule has 0 aromatic heterocycles. The van der Waals surface area contributed by atoms with Gasteiger partial charge in [-0.05, 0) is 61.4 Å². The maximum atomic E-state index is 12.2. The molecule has 8 heteroatoms. The van der Waals surface area contributed by atoms with Crippen LogP contribution in [0.25, 0.3) is 6.08 Å². The van der Waals surface area contributed by atoms with E-state index in [-0.39, 0.29) is 5.91 Å². The zero-order valence-electron chi connectivity index (χ0n) is 17.6. The van der Waals surface area contributed by atoms with Gasteiger partial charge in [0.2, 0.25) is 0 Å². The van der Waals surface area contributed by atoms with E-state index in [1.807, 2.05) is 56.3 Å². The van der Waals surface area contributed by atoms with Gasteiger partial charge in [0.1, 0.15) is 10.1 Å². The Morgan fingerprint density at radius 2 is 1.87 bits per heavy atom. The molecule has 0 unspecified atom stereocenters. The molecule has 1 amide bonds. The van der Waals surface area contributed by atoms with Gasteiger partial charge in [0.05, 0.1) is 24.7 Å². The van der Waals surface area contributed by atoms with Gasteiger partial charge in [-0.25, -0.2) is 0 Å². The second kappa shape index (κ2) is 10.9. The van der Waals surface area contributed by atoms with Crippen LogP contribution < -0.4 is 14.2 Å². The predicted molar refractivity (Wildman–Crippen MR) is 130 cm³/mol. The van der Waals surface area contributed by atoms with Crippen molar-refractivity contribution in [2.24, 2.45) is 0 Å². The molecule has 5 nitrogen and oxygen atoms in total. The topological polar surface area (TPSA) is 48.0 Å². The molecule has 0 radical (unpaired) electrons. The molecule has 0 spiro atoms. The van der Waals surface area contributed by atoms with E-state index in [4.69, 9.17) is 38.0 Å². The van der Waals surface area contributed by atoms with Crippen LogP contribution in [-0.4, -0.2) is 42.0 Å². The van der Waals surface area contributed by atoms with Crippen LogP contribution in [0, 0.1) is 6.92 Å². The fraction of sp³-hybridized carbons (Fsp3) is 0.304. The number of thiocarbonyl (C=S) groups is 1. The number of rotatable bonds is 9. The lowest BCUT2D eigenvalue weighted by atomic mass is 10.2. The molecular formula is C23H24ClNO4S2. The summed E-state index contributed by atoms with van der Waals surface area (Å²) in [5.74, 6) is 1.99. The van der Waals surface area contributed by atoms with Gasteiger partial charge in [-0.2, -0.15) is 0 Å². The quantitative estimate of drug-likeness (QED) is 0.261. The fourth-order valence-corrected chi connectivity index (χ4v) is 4.13. The van der Waals surface area contributed by atoms with Crippen molar-refractivity contribution in [1.29, 1.82) is 0 Å². The number of carbonyl (C=O) groups excluding carboxylic acids is 1. The summed E-state index contributed by atoms with van der Waals surface area (Å²) in [5, 5.41) is 0.726. The minimum absolute atomic E-state index is 0.0934. The van der Waals surface area contributed by atoms with Crippen LogP contribution in [0.3, 0.4) is 0 Å². The van der Waals surface area contributed by atoms with E-state index in [2.05, 4.69) is 0 Å². The van der Waals surface area contributed by atoms with Gasteiger partial charge in [-0.3, -0.25) is 9.69 Å². The van der Waals surface area contributed by atoms with Crippen molar-refractivity contribution in [1.82, 2.24) is 4.90 Å². The fourth-order valence-electron chi connectivity index (χ4n) is 2.84. The Morgan fingerprint density at radius 3 is 2.55 bits per heavy atom. The molecule has 3 rings (SSSR count). The first-order chi connectivity index (χ1) is 14.9. The SMILES string of the molecule is CCOc1cc(C=C2SC(=S)N(C)C2=O)ccc1OCCCOc1ccc(Cl)c(C)c1. The molecule has 0 bridgehead atoms. The zero-order chi connectivity index (χ0) is 22.4. The Labute approximate surface area is 197 Å². The first-order valence-electron chi connectivity index (χ1n) is 9.89. The molecule has 2 aromatic rings. The average molecular weight is 478 g/mol. The highest BCUT2D eigenvalue weighted by Crippen LogP contribution is 2.34. The number of thioether (sulfide) groups is 1. The Kier molecular flexibility index (Phi) is 8.23. The number of likely N-dealkylation sites (N-methyl/N-ethyl adjacent to an activating group) is 1. The standard InChI is InChI=1S/C23H24ClNO4S2/c1-4-27-20-13-16(14-21-22(26)25(3)23(30)31-21)6-9-19(20)29-11-5-10-28-17-7-8-18(24)15(2)12-17/h6-9,12-14H,4-5,10-11H2,1-3H3. The van der Waals surface area contributed by atoms with Crippen LogP contribution in [0.5, 0.6) is 17.2 Å². The maximum Gasteiger partial charge on any atom is 0.265 e. The summed E-state index contributed by atoms with van der Waals surface area (Å²) in [7, 11) is 1.68. The Bertz CT molecular complexity index is 1010. The number of halogens is 1. The molecule has 1 aliphatic heterocycles. The molecule has 31 heavy (non-hydrogen) atoms. The largest absolute Gasteiger partial charge is 0.493 e. The third kappa shape index (κ3) is 6.15. The lowest BCUT2D eigenvalue weighted by Crippen LogP contribution is -2.22. The molecular weight excluding hydrogens is 454 g/mol. The number of amides is 1. The van der Waals surface area contributed by atoms with Crippen molar-refractivity contribution in [3.63, 3.8) is 0 Å². The summed E-state index contributed by atoms with van der Waals surface area (Å²) in [6.07, 6.45) is 2.53. The van der Waals surface area contributed by atoms with Crippen molar-refractivity contribution < 1.29 is 19.0 Å². The van der Waals surface area contributed by atoms with Gasteiger partial charge < -0.3 is 14.2 Å². The van der Waals surface area contributed by atoms with Crippen LogP contribution >= 0.6 is 35.6 Å². The number of hydrogen-bond acceptors (Lipinski definition) is 6. The second-order valence-corrected chi connectivity index (χ2v) is 8.92. The van der Waals surface area contributed by atoms with E-state index in [9.17, 15) is 4.79 Å². The van der Waals surface area contributed by atoms with Crippen LogP contribution in [-0.2, 0) is 4.79 Å². The molecule has 0 atom stereocenters. The van der Waals surface area contributed by atoms with Gasteiger partial charge >= 0.3 is 0 Å². The van der Waals surface area contributed by atoms with E-state index in [1.54, 1.807) is 7.05 Å². The minimum Gasteiger partial charge on any atom is -0.493 e. The third-order valence-electron chi connectivity index (χ3n) is 4.50. The van der Waals surface area contributed by atoms with Gasteiger partial charge in [0.15, 0.2) is 11.5 Å². The van der Waals surface area contributed by atoms with Gasteiger partial charge in [0, 0.05) is 18.5 Å². The molecule has 1 saturated heterocycles. The van der Waals surface area contributed by atoms with E-state index >= 15 is 0 Å². The molecule has 0 aliphatic carbocycles.